The van der Waals surface area contributed by atoms with Gasteiger partial charge < -0.3 is 0 Å². The summed E-state index contributed by atoms with van der Waals surface area (Å²) < 4.78 is 1.42. The van der Waals surface area contributed by atoms with Crippen LogP contribution in [0.2, 0.25) is 0 Å². The van der Waals surface area contributed by atoms with E-state index >= 15 is 0 Å². The third-order valence-electron chi connectivity index (χ3n) is 3.58. The van der Waals surface area contributed by atoms with Gasteiger partial charge in [0.05, 0.1) is 0 Å². The first-order valence-electron chi connectivity index (χ1n) is 8.42. The van der Waals surface area contributed by atoms with Crippen molar-refractivity contribution in [3.63, 3.8) is 0 Å². The molecule has 0 saturated heterocycles. The molecule has 0 spiro atoms. The summed E-state index contributed by atoms with van der Waals surface area (Å²) in [6.07, 6.45) is 18.3. The molecule has 0 atom stereocenters. The Hall–Kier alpha value is -1.85. The van der Waals surface area contributed by atoms with Crippen molar-refractivity contribution in [1.29, 1.82) is 0 Å². The van der Waals surface area contributed by atoms with E-state index in [0.717, 1.165) is 12.8 Å². The van der Waals surface area contributed by atoms with Gasteiger partial charge in [0.1, 0.15) is 0 Å². The summed E-state index contributed by atoms with van der Waals surface area (Å²) >= 11 is 1.46. The van der Waals surface area contributed by atoms with Gasteiger partial charge >= 0.3 is 99.2 Å². The van der Waals surface area contributed by atoms with Gasteiger partial charge in [0.15, 0.2) is 0 Å². The van der Waals surface area contributed by atoms with Crippen molar-refractivity contribution in [3.8, 4) is 0 Å². The summed E-state index contributed by atoms with van der Waals surface area (Å²) in [7, 11) is 0. The van der Waals surface area contributed by atoms with Crippen molar-refractivity contribution >= 4 is 3.21 Å². The molecule has 0 unspecified atom stereocenters. The third kappa shape index (κ3) is 7.71. The van der Waals surface area contributed by atoms with Crippen LogP contribution in [-0.2, 0) is 24.2 Å². The second-order valence-electron chi connectivity index (χ2n) is 5.58. The monoisotopic (exact) mass is 400 g/mol. The van der Waals surface area contributed by atoms with Gasteiger partial charge in [-0.05, 0) is 0 Å². The molecule has 0 amide bonds. The first-order valence-corrected chi connectivity index (χ1v) is 9.65. The third-order valence-corrected chi connectivity index (χ3v) is 5.00. The fourth-order valence-corrected chi connectivity index (χ4v) is 3.05. The first kappa shape index (κ1) is 19.5. The van der Waals surface area contributed by atoms with Crippen LogP contribution < -0.4 is 0 Å². The van der Waals surface area contributed by atoms with E-state index in [-0.39, 0.29) is 0 Å². The van der Waals surface area contributed by atoms with E-state index in [1.807, 2.05) is 12.2 Å². The summed E-state index contributed by atoms with van der Waals surface area (Å²) in [5.41, 5.74) is 3.93. The van der Waals surface area contributed by atoms with Crippen LogP contribution >= 0.6 is 0 Å². The zero-order valence-corrected chi connectivity index (χ0v) is 17.0. The minimum absolute atomic E-state index is 1.01. The summed E-state index contributed by atoms with van der Waals surface area (Å²) in [6.45, 7) is 2.06. The average Bonchev–Trinajstić information content (AvgIpc) is 3.40. The van der Waals surface area contributed by atoms with Crippen molar-refractivity contribution in [1.82, 2.24) is 0 Å². The second-order valence-corrected chi connectivity index (χ2v) is 6.81. The average molecular weight is 402 g/mol. The Balaban J connectivity index is 0.000000167. The van der Waals surface area contributed by atoms with Crippen LogP contribution in [0.15, 0.2) is 96.6 Å². The predicted octanol–water partition coefficient (Wildman–Crippen LogP) is 5.80. The van der Waals surface area contributed by atoms with Gasteiger partial charge in [0.25, 0.3) is 0 Å². The standard InChI is InChI=1S/C13H10.C6H7.C5H5.Zr/c1-3-7-12(8-4-1)11-13-9-5-2-6-10-13;1-6-4-2-3-5-6;1-2-4-5-3-1;/h1-10H;2,4H,3H2,1H3;1-3H,4H2;/q;2*-1;+2. The van der Waals surface area contributed by atoms with Crippen LogP contribution in [-0.4, -0.2) is 3.21 Å². The molecule has 0 bridgehead atoms. The fraction of sp³-hybridized carbons (Fsp3) is 0.125. The van der Waals surface area contributed by atoms with E-state index in [9.17, 15) is 0 Å². The Morgan fingerprint density at radius 1 is 0.840 bits per heavy atom. The first-order chi connectivity index (χ1) is 12.3. The molecule has 0 aromatic heterocycles. The van der Waals surface area contributed by atoms with Gasteiger partial charge in [-0.1, -0.05) is 6.92 Å². The SMILES string of the molecule is CC1=[C-]CC=C1.[C-]1=CC=CC1.[Zr+2]=[C](c1ccccc1)c1ccccc1. The van der Waals surface area contributed by atoms with Crippen molar-refractivity contribution in [2.24, 2.45) is 0 Å². The van der Waals surface area contributed by atoms with E-state index in [1.165, 1.54) is 44.1 Å². The van der Waals surface area contributed by atoms with E-state index < -0.39 is 0 Å². The number of benzene rings is 2. The Morgan fingerprint density at radius 3 is 1.72 bits per heavy atom. The van der Waals surface area contributed by atoms with Crippen molar-refractivity contribution in [2.75, 3.05) is 0 Å². The molecule has 0 heterocycles. The van der Waals surface area contributed by atoms with Crippen molar-refractivity contribution < 1.29 is 24.2 Å². The number of rotatable bonds is 2. The van der Waals surface area contributed by atoms with E-state index in [0.29, 0.717) is 0 Å². The van der Waals surface area contributed by atoms with Crippen LogP contribution in [0.4, 0.5) is 0 Å². The number of hydrogen-bond acceptors (Lipinski definition) is 0. The van der Waals surface area contributed by atoms with E-state index in [1.54, 1.807) is 0 Å². The molecule has 2 aromatic rings. The number of hydrogen-bond donors (Lipinski definition) is 0. The van der Waals surface area contributed by atoms with Gasteiger partial charge in [0, 0.05) is 0 Å². The van der Waals surface area contributed by atoms with Gasteiger partial charge in [-0.2, -0.15) is 12.2 Å². The predicted molar refractivity (Wildman–Crippen MR) is 104 cm³/mol. The molecular weight excluding hydrogens is 379 g/mol. The molecule has 0 fully saturated rings. The summed E-state index contributed by atoms with van der Waals surface area (Å²) in [6, 6.07) is 21.1. The molecule has 0 N–H and O–H groups in total. The molecule has 4 rings (SSSR count). The molecule has 0 radical (unpaired) electrons. The van der Waals surface area contributed by atoms with Gasteiger partial charge in [-0.3, -0.25) is 12.2 Å². The van der Waals surface area contributed by atoms with Crippen LogP contribution in [0, 0.1) is 12.2 Å². The Bertz CT molecular complexity index is 708. The summed E-state index contributed by atoms with van der Waals surface area (Å²) in [5, 5.41) is 0. The Kier molecular flexibility index (Phi) is 9.09. The zero-order chi connectivity index (χ0) is 17.7. The normalized spacial score (nSPS) is 13.5. The molecule has 2 aromatic carbocycles. The molecule has 2 aliphatic carbocycles. The zero-order valence-electron chi connectivity index (χ0n) is 14.6. The quantitative estimate of drug-likeness (QED) is 0.558. The molecule has 0 nitrogen and oxygen atoms in total. The van der Waals surface area contributed by atoms with Crippen LogP contribution in [0.25, 0.3) is 0 Å². The maximum absolute atomic E-state index is 3.12. The van der Waals surface area contributed by atoms with E-state index in [4.69, 9.17) is 0 Å². The summed E-state index contributed by atoms with van der Waals surface area (Å²) in [5.74, 6) is 0. The fourth-order valence-electron chi connectivity index (χ4n) is 2.23. The number of allylic oxidation sites excluding steroid dienone is 8. The van der Waals surface area contributed by atoms with Crippen molar-refractivity contribution in [2.45, 2.75) is 19.8 Å². The van der Waals surface area contributed by atoms with Gasteiger partial charge in [0.2, 0.25) is 0 Å². The van der Waals surface area contributed by atoms with E-state index in [2.05, 4.69) is 98.0 Å². The van der Waals surface area contributed by atoms with Gasteiger partial charge in [-0.25, -0.2) is 23.8 Å². The maximum atomic E-state index is 3.12. The minimum atomic E-state index is 1.01. The second kappa shape index (κ2) is 11.7. The molecule has 122 valence electrons. The van der Waals surface area contributed by atoms with Crippen LogP contribution in [0.1, 0.15) is 30.9 Å². The molecule has 0 aliphatic heterocycles. The van der Waals surface area contributed by atoms with Crippen LogP contribution in [0.5, 0.6) is 0 Å². The molecule has 25 heavy (non-hydrogen) atoms. The Labute approximate surface area is 166 Å². The molecule has 0 saturated carbocycles. The molecule has 1 heteroatoms. The van der Waals surface area contributed by atoms with Gasteiger partial charge in [-0.15, -0.1) is 12.8 Å². The topological polar surface area (TPSA) is 0 Å². The van der Waals surface area contributed by atoms with Crippen LogP contribution in [0.3, 0.4) is 0 Å². The molecule has 2 aliphatic rings. The molecular formula is C24H22Zr. The van der Waals surface area contributed by atoms with Crippen molar-refractivity contribution in [3.05, 3.63) is 120 Å². The summed E-state index contributed by atoms with van der Waals surface area (Å²) in [4.78, 5) is 0. The Morgan fingerprint density at radius 2 is 1.44 bits per heavy atom.